The molecule has 0 bridgehead atoms. The minimum Gasteiger partial charge on any atom is -0.478 e. The molecular formula is C13H10O3. The van der Waals surface area contributed by atoms with E-state index < -0.39 is 5.60 Å². The molecular weight excluding hydrogens is 204 g/mol. The molecule has 0 atom stereocenters. The van der Waals surface area contributed by atoms with E-state index >= 15 is 0 Å². The van der Waals surface area contributed by atoms with Gasteiger partial charge in [0.05, 0.1) is 5.56 Å². The van der Waals surface area contributed by atoms with Gasteiger partial charge in [0.1, 0.15) is 5.75 Å². The van der Waals surface area contributed by atoms with Gasteiger partial charge in [-0.25, -0.2) is 0 Å². The van der Waals surface area contributed by atoms with Gasteiger partial charge >= 0.3 is 0 Å². The number of hydrogen-bond donors (Lipinski definition) is 0. The third kappa shape index (κ3) is 1.08. The molecule has 0 saturated heterocycles. The van der Waals surface area contributed by atoms with Gasteiger partial charge in [-0.15, -0.1) is 0 Å². The summed E-state index contributed by atoms with van der Waals surface area (Å²) in [6.07, 6.45) is 2.81. The van der Waals surface area contributed by atoms with Crippen molar-refractivity contribution in [1.29, 1.82) is 0 Å². The first-order valence-electron chi connectivity index (χ1n) is 5.21. The summed E-state index contributed by atoms with van der Waals surface area (Å²) in [5.41, 5.74) is 0.437. The normalized spacial score (nSPS) is 19.1. The fourth-order valence-corrected chi connectivity index (χ4v) is 2.01. The molecule has 0 N–H and O–H groups in total. The molecule has 0 radical (unpaired) electrons. The number of fused-ring (bicyclic) bond motifs is 1. The first-order valence-corrected chi connectivity index (χ1v) is 5.21. The number of benzene rings is 1. The van der Waals surface area contributed by atoms with Crippen LogP contribution < -0.4 is 4.74 Å². The second-order valence-electron chi connectivity index (χ2n) is 4.20. The van der Waals surface area contributed by atoms with Crippen molar-refractivity contribution in [3.05, 3.63) is 42.0 Å². The maximum atomic E-state index is 12.0. The van der Waals surface area contributed by atoms with Gasteiger partial charge in [0.2, 0.25) is 5.78 Å². The van der Waals surface area contributed by atoms with E-state index in [1.165, 1.54) is 6.08 Å². The van der Waals surface area contributed by atoms with Crippen molar-refractivity contribution in [3.63, 3.8) is 0 Å². The molecule has 0 aromatic heterocycles. The Balaban J connectivity index is 2.08. The zero-order valence-electron chi connectivity index (χ0n) is 8.66. The van der Waals surface area contributed by atoms with E-state index in [1.807, 2.05) is 0 Å². The van der Waals surface area contributed by atoms with Crippen LogP contribution in [0.15, 0.2) is 30.9 Å². The van der Waals surface area contributed by atoms with E-state index in [2.05, 4.69) is 6.58 Å². The summed E-state index contributed by atoms with van der Waals surface area (Å²) in [7, 11) is 0. The minimum atomic E-state index is -0.585. The molecule has 3 nitrogen and oxygen atoms in total. The molecule has 1 aromatic carbocycles. The Morgan fingerprint density at radius 2 is 2.19 bits per heavy atom. The van der Waals surface area contributed by atoms with Crippen molar-refractivity contribution in [1.82, 2.24) is 0 Å². The first kappa shape index (κ1) is 9.33. The monoisotopic (exact) mass is 214 g/mol. The fourth-order valence-electron chi connectivity index (χ4n) is 2.01. The van der Waals surface area contributed by atoms with Crippen LogP contribution in [0.2, 0.25) is 0 Å². The largest absolute Gasteiger partial charge is 0.478 e. The molecule has 1 aromatic rings. The quantitative estimate of drug-likeness (QED) is 0.559. The highest BCUT2D eigenvalue weighted by atomic mass is 16.5. The fraction of sp³-hybridized carbons (Fsp3) is 0.231. The molecule has 0 unspecified atom stereocenters. The summed E-state index contributed by atoms with van der Waals surface area (Å²) in [5, 5.41) is 0. The first-order chi connectivity index (χ1) is 7.66. The smallest absolute Gasteiger partial charge is 0.210 e. The highest BCUT2D eigenvalue weighted by Gasteiger charge is 2.57. The average molecular weight is 214 g/mol. The number of Topliss-reactive ketones (excluding diaryl/α,β-unsaturated/α-hetero) is 1. The lowest BCUT2D eigenvalue weighted by Gasteiger charge is -2.03. The van der Waals surface area contributed by atoms with Crippen molar-refractivity contribution in [2.75, 3.05) is 0 Å². The molecule has 1 spiro atoms. The SMILES string of the molecule is C=CC(=O)c1ccc2c(c1)C(=O)C1(CC1)O2. The zero-order valence-corrected chi connectivity index (χ0v) is 8.66. The number of allylic oxidation sites excluding steroid dienone is 1. The van der Waals surface area contributed by atoms with Crippen LogP contribution in [0.4, 0.5) is 0 Å². The number of ketones is 2. The van der Waals surface area contributed by atoms with Crippen molar-refractivity contribution in [2.24, 2.45) is 0 Å². The average Bonchev–Trinajstić information content (AvgIpc) is 3.02. The zero-order chi connectivity index (χ0) is 11.3. The lowest BCUT2D eigenvalue weighted by Crippen LogP contribution is -2.21. The van der Waals surface area contributed by atoms with Gasteiger partial charge in [0.15, 0.2) is 11.4 Å². The third-order valence-corrected chi connectivity index (χ3v) is 3.12. The van der Waals surface area contributed by atoms with Crippen molar-refractivity contribution < 1.29 is 14.3 Å². The molecule has 1 fully saturated rings. The summed E-state index contributed by atoms with van der Waals surface area (Å²) in [4.78, 5) is 23.4. The van der Waals surface area contributed by atoms with Gasteiger partial charge in [-0.1, -0.05) is 6.58 Å². The Hall–Kier alpha value is -1.90. The molecule has 3 heteroatoms. The summed E-state index contributed by atoms with van der Waals surface area (Å²) in [6.45, 7) is 3.42. The summed E-state index contributed by atoms with van der Waals surface area (Å²) in [6, 6.07) is 4.96. The van der Waals surface area contributed by atoms with Crippen LogP contribution in [0.3, 0.4) is 0 Å². The van der Waals surface area contributed by atoms with Crippen LogP contribution in [0.5, 0.6) is 5.75 Å². The number of carbonyl (C=O) groups is 2. The van der Waals surface area contributed by atoms with Crippen LogP contribution in [0, 0.1) is 0 Å². The predicted molar refractivity (Wildman–Crippen MR) is 57.9 cm³/mol. The van der Waals surface area contributed by atoms with E-state index in [9.17, 15) is 9.59 Å². The van der Waals surface area contributed by atoms with Crippen LogP contribution >= 0.6 is 0 Å². The van der Waals surface area contributed by atoms with E-state index in [4.69, 9.17) is 4.74 Å². The topological polar surface area (TPSA) is 43.4 Å². The van der Waals surface area contributed by atoms with Gasteiger partial charge < -0.3 is 4.74 Å². The Bertz CT molecular complexity index is 524. The molecule has 0 amide bonds. The van der Waals surface area contributed by atoms with Crippen molar-refractivity contribution >= 4 is 11.6 Å². The molecule has 2 aliphatic rings. The molecule has 3 rings (SSSR count). The molecule has 80 valence electrons. The third-order valence-electron chi connectivity index (χ3n) is 3.12. The lowest BCUT2D eigenvalue weighted by atomic mass is 10.0. The van der Waals surface area contributed by atoms with E-state index in [-0.39, 0.29) is 11.6 Å². The second-order valence-corrected chi connectivity index (χ2v) is 4.20. The summed E-state index contributed by atoms with van der Waals surface area (Å²) in [5.74, 6) is 0.441. The number of carbonyl (C=O) groups excluding carboxylic acids is 2. The minimum absolute atomic E-state index is 0.0150. The Labute approximate surface area is 92.7 Å². The van der Waals surface area contributed by atoms with Crippen LogP contribution in [0.1, 0.15) is 33.6 Å². The second kappa shape index (κ2) is 2.82. The Kier molecular flexibility index (Phi) is 1.64. The van der Waals surface area contributed by atoms with Gasteiger partial charge in [-0.3, -0.25) is 9.59 Å². The van der Waals surface area contributed by atoms with Crippen LogP contribution in [0.25, 0.3) is 0 Å². The number of ether oxygens (including phenoxy) is 1. The van der Waals surface area contributed by atoms with E-state index in [1.54, 1.807) is 18.2 Å². The van der Waals surface area contributed by atoms with E-state index in [0.29, 0.717) is 16.9 Å². The Morgan fingerprint density at radius 3 is 2.81 bits per heavy atom. The highest BCUT2D eigenvalue weighted by Crippen LogP contribution is 2.49. The Morgan fingerprint density at radius 1 is 1.44 bits per heavy atom. The van der Waals surface area contributed by atoms with Gasteiger partial charge in [-0.2, -0.15) is 0 Å². The molecule has 1 aliphatic carbocycles. The van der Waals surface area contributed by atoms with E-state index in [0.717, 1.165) is 12.8 Å². The molecule has 1 saturated carbocycles. The standard InChI is InChI=1S/C13H10O3/c1-2-10(14)8-3-4-11-9(7-8)12(15)13(16-11)5-6-13/h2-4,7H,1,5-6H2. The lowest BCUT2D eigenvalue weighted by molar-refractivity contribution is 0.0820. The van der Waals surface area contributed by atoms with Gasteiger partial charge in [0.25, 0.3) is 0 Å². The van der Waals surface area contributed by atoms with Gasteiger partial charge in [0, 0.05) is 5.56 Å². The van der Waals surface area contributed by atoms with Crippen LogP contribution in [-0.2, 0) is 0 Å². The number of hydrogen-bond acceptors (Lipinski definition) is 3. The summed E-state index contributed by atoms with van der Waals surface area (Å²) >= 11 is 0. The molecule has 16 heavy (non-hydrogen) atoms. The van der Waals surface area contributed by atoms with Gasteiger partial charge in [-0.05, 0) is 37.1 Å². The predicted octanol–water partition coefficient (Wildman–Crippen LogP) is 2.16. The maximum absolute atomic E-state index is 12.0. The maximum Gasteiger partial charge on any atom is 0.210 e. The van der Waals surface area contributed by atoms with Crippen molar-refractivity contribution in [2.45, 2.75) is 18.4 Å². The summed E-state index contributed by atoms with van der Waals surface area (Å²) < 4.78 is 5.60. The van der Waals surface area contributed by atoms with Crippen molar-refractivity contribution in [3.8, 4) is 5.75 Å². The highest BCUT2D eigenvalue weighted by molar-refractivity contribution is 6.12. The molecule has 1 heterocycles. The number of rotatable bonds is 2. The van der Waals surface area contributed by atoms with Crippen LogP contribution in [-0.4, -0.2) is 17.2 Å². The molecule has 1 aliphatic heterocycles.